The number of hydrogen-bond acceptors (Lipinski definition) is 7. The van der Waals surface area contributed by atoms with Crippen molar-refractivity contribution >= 4 is 33.4 Å². The average Bonchev–Trinajstić information content (AvgIpc) is 3.27. The first-order valence-electron chi connectivity index (χ1n) is 10.9. The number of anilines is 1. The topological polar surface area (TPSA) is 105 Å². The van der Waals surface area contributed by atoms with Gasteiger partial charge in [0.2, 0.25) is 21.8 Å². The molecular weight excluding hydrogens is 460 g/mol. The first kappa shape index (κ1) is 23.5. The van der Waals surface area contributed by atoms with Crippen molar-refractivity contribution in [2.75, 3.05) is 18.4 Å². The number of sulfonamides is 1. The molecule has 1 aromatic heterocycles. The predicted octanol–water partition coefficient (Wildman–Crippen LogP) is 3.95. The van der Waals surface area contributed by atoms with Crippen LogP contribution in [0.2, 0.25) is 0 Å². The van der Waals surface area contributed by atoms with Gasteiger partial charge in [0, 0.05) is 18.8 Å². The first-order valence-corrected chi connectivity index (χ1v) is 13.2. The molecular formula is C23H26N4O4S2. The number of piperidine rings is 1. The van der Waals surface area contributed by atoms with Crippen LogP contribution in [-0.2, 0) is 21.2 Å². The van der Waals surface area contributed by atoms with E-state index in [1.165, 1.54) is 28.2 Å². The summed E-state index contributed by atoms with van der Waals surface area (Å²) in [7, 11) is -3.50. The molecule has 4 rings (SSSR count). The van der Waals surface area contributed by atoms with E-state index in [4.69, 9.17) is 4.42 Å². The van der Waals surface area contributed by atoms with Gasteiger partial charge in [0.25, 0.3) is 5.22 Å². The summed E-state index contributed by atoms with van der Waals surface area (Å²) in [5.74, 6) is 0.247. The zero-order valence-electron chi connectivity index (χ0n) is 18.3. The zero-order valence-corrected chi connectivity index (χ0v) is 19.9. The van der Waals surface area contributed by atoms with E-state index in [9.17, 15) is 13.2 Å². The smallest absolute Gasteiger partial charge is 0.277 e. The lowest BCUT2D eigenvalue weighted by atomic mass is 10.2. The lowest BCUT2D eigenvalue weighted by Crippen LogP contribution is -2.35. The zero-order chi connectivity index (χ0) is 23.3. The molecule has 0 saturated carbocycles. The molecule has 10 heteroatoms. The Balaban J connectivity index is 1.32. The fraction of sp³-hybridized carbons (Fsp3) is 0.348. The van der Waals surface area contributed by atoms with Crippen LogP contribution in [0.5, 0.6) is 0 Å². The maximum Gasteiger partial charge on any atom is 0.277 e. The molecule has 1 saturated heterocycles. The largest absolute Gasteiger partial charge is 0.416 e. The van der Waals surface area contributed by atoms with E-state index in [1.54, 1.807) is 19.1 Å². The molecule has 1 aliphatic heterocycles. The first-order chi connectivity index (χ1) is 15.9. The number of benzene rings is 2. The summed E-state index contributed by atoms with van der Waals surface area (Å²) < 4.78 is 32.7. The Kier molecular flexibility index (Phi) is 7.46. The number of nitrogens with zero attached hydrogens (tertiary/aromatic N) is 3. The van der Waals surface area contributed by atoms with Crippen LogP contribution in [0.1, 0.15) is 37.6 Å². The van der Waals surface area contributed by atoms with Crippen LogP contribution in [0.4, 0.5) is 5.69 Å². The van der Waals surface area contributed by atoms with Crippen molar-refractivity contribution in [3.63, 3.8) is 0 Å². The highest BCUT2D eigenvalue weighted by molar-refractivity contribution is 8.00. The maximum absolute atomic E-state index is 12.8. The number of rotatable bonds is 8. The minimum atomic E-state index is -3.50. The molecule has 0 bridgehead atoms. The van der Waals surface area contributed by atoms with Gasteiger partial charge in [-0.25, -0.2) is 8.42 Å². The number of carbonyl (C=O) groups excluding carboxylic acids is 1. The molecule has 1 aliphatic rings. The van der Waals surface area contributed by atoms with Crippen molar-refractivity contribution in [1.29, 1.82) is 0 Å². The van der Waals surface area contributed by atoms with Crippen LogP contribution in [0.25, 0.3) is 0 Å². The van der Waals surface area contributed by atoms with Gasteiger partial charge in [0.15, 0.2) is 0 Å². The molecule has 1 atom stereocenters. The highest BCUT2D eigenvalue weighted by Crippen LogP contribution is 2.25. The lowest BCUT2D eigenvalue weighted by molar-refractivity contribution is -0.115. The highest BCUT2D eigenvalue weighted by Gasteiger charge is 2.26. The molecule has 1 unspecified atom stereocenters. The SMILES string of the molecule is CC(Sc1nnc(Cc2ccccc2)o1)C(=O)Nc1ccc(S(=O)(=O)N2CCCCC2)cc1. The minimum absolute atomic E-state index is 0.238. The quantitative estimate of drug-likeness (QED) is 0.481. The molecule has 2 aromatic carbocycles. The van der Waals surface area contributed by atoms with Crippen LogP contribution in [0.15, 0.2) is 69.1 Å². The molecule has 1 N–H and O–H groups in total. The second-order valence-electron chi connectivity index (χ2n) is 7.86. The standard InChI is InChI=1S/C23H26N4O4S2/c1-17(32-23-26-25-21(31-23)16-18-8-4-2-5-9-18)22(28)24-19-10-12-20(13-11-19)33(29,30)27-14-6-3-7-15-27/h2,4-5,8-13,17H,3,6-7,14-16H2,1H3,(H,24,28). The van der Waals surface area contributed by atoms with Gasteiger partial charge in [-0.2, -0.15) is 4.31 Å². The lowest BCUT2D eigenvalue weighted by Gasteiger charge is -2.25. The predicted molar refractivity (Wildman–Crippen MR) is 127 cm³/mol. The van der Waals surface area contributed by atoms with Gasteiger partial charge in [-0.15, -0.1) is 10.2 Å². The molecule has 0 spiro atoms. The second kappa shape index (κ2) is 10.5. The molecule has 8 nitrogen and oxygen atoms in total. The Morgan fingerprint density at radius 1 is 1.06 bits per heavy atom. The van der Waals surface area contributed by atoms with Crippen molar-refractivity contribution < 1.29 is 17.6 Å². The van der Waals surface area contributed by atoms with E-state index >= 15 is 0 Å². The van der Waals surface area contributed by atoms with Crippen LogP contribution in [-0.4, -0.2) is 47.2 Å². The summed E-state index contributed by atoms with van der Waals surface area (Å²) in [5, 5.41) is 10.7. The van der Waals surface area contributed by atoms with Crippen LogP contribution >= 0.6 is 11.8 Å². The van der Waals surface area contributed by atoms with E-state index in [-0.39, 0.29) is 10.8 Å². The summed E-state index contributed by atoms with van der Waals surface area (Å²) in [4.78, 5) is 12.8. The third-order valence-corrected chi connectivity index (χ3v) is 8.22. The fourth-order valence-electron chi connectivity index (χ4n) is 3.54. The van der Waals surface area contributed by atoms with Crippen molar-refractivity contribution in [3.8, 4) is 0 Å². The number of aromatic nitrogens is 2. The van der Waals surface area contributed by atoms with Crippen molar-refractivity contribution in [2.24, 2.45) is 0 Å². The molecule has 3 aromatic rings. The molecule has 33 heavy (non-hydrogen) atoms. The van der Waals surface area contributed by atoms with Gasteiger partial charge in [-0.1, -0.05) is 48.5 Å². The molecule has 0 aliphatic carbocycles. The number of nitrogens with one attached hydrogen (secondary N) is 1. The van der Waals surface area contributed by atoms with E-state index in [0.29, 0.717) is 36.3 Å². The van der Waals surface area contributed by atoms with E-state index < -0.39 is 15.3 Å². The summed E-state index contributed by atoms with van der Waals surface area (Å²) >= 11 is 1.17. The van der Waals surface area contributed by atoms with Crippen molar-refractivity contribution in [2.45, 2.75) is 48.0 Å². The highest BCUT2D eigenvalue weighted by atomic mass is 32.2. The van der Waals surface area contributed by atoms with Crippen LogP contribution in [0.3, 0.4) is 0 Å². The summed E-state index contributed by atoms with van der Waals surface area (Å²) in [6, 6.07) is 16.1. The summed E-state index contributed by atoms with van der Waals surface area (Å²) in [5.41, 5.74) is 1.59. The second-order valence-corrected chi connectivity index (χ2v) is 11.1. The van der Waals surface area contributed by atoms with Gasteiger partial charge >= 0.3 is 0 Å². The monoisotopic (exact) mass is 486 g/mol. The Morgan fingerprint density at radius 2 is 1.76 bits per heavy atom. The summed E-state index contributed by atoms with van der Waals surface area (Å²) in [6.07, 6.45) is 3.36. The number of thioether (sulfide) groups is 1. The molecule has 1 fully saturated rings. The van der Waals surface area contributed by atoms with Gasteiger partial charge in [-0.05, 0) is 49.6 Å². The third-order valence-electron chi connectivity index (χ3n) is 5.37. The normalized spacial score (nSPS) is 15.8. The Labute approximate surface area is 197 Å². The Bertz CT molecular complexity index is 1170. The van der Waals surface area contributed by atoms with Gasteiger partial charge < -0.3 is 9.73 Å². The number of carbonyl (C=O) groups is 1. The number of amides is 1. The fourth-order valence-corrected chi connectivity index (χ4v) is 5.76. The molecule has 174 valence electrons. The molecule has 1 amide bonds. The van der Waals surface area contributed by atoms with Crippen LogP contribution < -0.4 is 5.32 Å². The number of hydrogen-bond donors (Lipinski definition) is 1. The van der Waals surface area contributed by atoms with Crippen LogP contribution in [0, 0.1) is 0 Å². The van der Waals surface area contributed by atoms with Gasteiger partial charge in [0.1, 0.15) is 0 Å². The van der Waals surface area contributed by atoms with E-state index in [1.807, 2.05) is 30.3 Å². The Morgan fingerprint density at radius 3 is 2.45 bits per heavy atom. The van der Waals surface area contributed by atoms with Crippen molar-refractivity contribution in [3.05, 3.63) is 66.1 Å². The third kappa shape index (κ3) is 6.01. The minimum Gasteiger partial charge on any atom is -0.416 e. The van der Waals surface area contributed by atoms with E-state index in [2.05, 4.69) is 15.5 Å². The average molecular weight is 487 g/mol. The maximum atomic E-state index is 12.8. The van der Waals surface area contributed by atoms with E-state index in [0.717, 1.165) is 24.8 Å². The van der Waals surface area contributed by atoms with Gasteiger partial charge in [0.05, 0.1) is 16.6 Å². The molecule has 0 radical (unpaired) electrons. The molecule has 2 heterocycles. The van der Waals surface area contributed by atoms with Crippen molar-refractivity contribution in [1.82, 2.24) is 14.5 Å². The Hall–Kier alpha value is -2.69. The van der Waals surface area contributed by atoms with Gasteiger partial charge in [-0.3, -0.25) is 4.79 Å². The summed E-state index contributed by atoms with van der Waals surface area (Å²) in [6.45, 7) is 2.85.